The molecule has 98 valence electrons. The van der Waals surface area contributed by atoms with Gasteiger partial charge < -0.3 is 14.6 Å². The Bertz CT molecular complexity index is 380. The molecule has 0 aromatic heterocycles. The van der Waals surface area contributed by atoms with Crippen LogP contribution in [0.3, 0.4) is 0 Å². The Balaban J connectivity index is 2.00. The van der Waals surface area contributed by atoms with Gasteiger partial charge in [0.05, 0.1) is 0 Å². The monoisotopic (exact) mass is 246 g/mol. The summed E-state index contributed by atoms with van der Waals surface area (Å²) >= 11 is 0. The van der Waals surface area contributed by atoms with Crippen LogP contribution < -0.4 is 4.90 Å². The highest BCUT2D eigenvalue weighted by Crippen LogP contribution is 2.20. The zero-order chi connectivity index (χ0) is 13.0. The molecule has 1 heterocycles. The van der Waals surface area contributed by atoms with Gasteiger partial charge >= 0.3 is 0 Å². The Labute approximate surface area is 109 Å². The van der Waals surface area contributed by atoms with Crippen LogP contribution in [0.5, 0.6) is 0 Å². The molecule has 1 saturated heterocycles. The van der Waals surface area contributed by atoms with Crippen molar-refractivity contribution in [3.63, 3.8) is 0 Å². The maximum atomic E-state index is 10.7. The van der Waals surface area contributed by atoms with E-state index in [1.165, 1.54) is 5.69 Å². The molecule has 1 aromatic carbocycles. The quantitative estimate of drug-likeness (QED) is 0.760. The second-order valence-electron chi connectivity index (χ2n) is 4.94. The predicted molar refractivity (Wildman–Crippen MR) is 75.2 cm³/mol. The molecule has 0 saturated carbocycles. The minimum atomic E-state index is -0.00371. The van der Waals surface area contributed by atoms with Crippen molar-refractivity contribution < 1.29 is 4.79 Å². The van der Waals surface area contributed by atoms with Gasteiger partial charge in [-0.05, 0) is 24.2 Å². The van der Waals surface area contributed by atoms with Crippen molar-refractivity contribution in [1.29, 1.82) is 0 Å². The van der Waals surface area contributed by atoms with E-state index in [0.717, 1.165) is 44.6 Å². The summed E-state index contributed by atoms with van der Waals surface area (Å²) in [6.45, 7) is 9.76. The Kier molecular flexibility index (Phi) is 4.37. The fraction of sp³-hybridized carbons (Fsp3) is 0.533. The highest BCUT2D eigenvalue weighted by molar-refractivity contribution is 5.62. The number of piperazine rings is 1. The third-order valence-corrected chi connectivity index (χ3v) is 3.81. The molecular weight excluding hydrogens is 224 g/mol. The first-order valence-electron chi connectivity index (χ1n) is 6.77. The third kappa shape index (κ3) is 2.91. The largest absolute Gasteiger partial charge is 0.369 e. The van der Waals surface area contributed by atoms with E-state index >= 15 is 0 Å². The van der Waals surface area contributed by atoms with Crippen molar-refractivity contribution in [1.82, 2.24) is 4.90 Å². The molecular formula is C15H22N2O. The highest BCUT2D eigenvalue weighted by atomic mass is 16.1. The van der Waals surface area contributed by atoms with Crippen LogP contribution in [0, 0.1) is 0 Å². The van der Waals surface area contributed by atoms with Crippen molar-refractivity contribution in [3.8, 4) is 0 Å². The Morgan fingerprint density at radius 3 is 2.28 bits per heavy atom. The Morgan fingerprint density at radius 2 is 1.78 bits per heavy atom. The van der Waals surface area contributed by atoms with Crippen molar-refractivity contribution >= 4 is 12.0 Å². The zero-order valence-corrected chi connectivity index (χ0v) is 11.3. The number of rotatable bonds is 4. The van der Waals surface area contributed by atoms with E-state index < -0.39 is 0 Å². The molecule has 3 nitrogen and oxygen atoms in total. The number of carbonyl (C=O) groups excluding carboxylic acids is 1. The standard InChI is InChI=1S/C15H22N2O/c1-3-16-8-10-17(11-9-16)15-6-4-14(5-7-15)13(2)12-18/h4-7,12-13H,3,8-11H2,1-2H3. The number of aldehydes is 1. The average molecular weight is 246 g/mol. The minimum absolute atomic E-state index is 0.00371. The third-order valence-electron chi connectivity index (χ3n) is 3.81. The minimum Gasteiger partial charge on any atom is -0.369 e. The molecule has 1 unspecified atom stereocenters. The van der Waals surface area contributed by atoms with Crippen LogP contribution in [-0.4, -0.2) is 43.9 Å². The van der Waals surface area contributed by atoms with E-state index in [4.69, 9.17) is 0 Å². The van der Waals surface area contributed by atoms with Gasteiger partial charge in [0, 0.05) is 37.8 Å². The molecule has 0 aliphatic carbocycles. The molecule has 2 rings (SSSR count). The lowest BCUT2D eigenvalue weighted by molar-refractivity contribution is -0.108. The van der Waals surface area contributed by atoms with Crippen molar-refractivity contribution in [2.45, 2.75) is 19.8 Å². The van der Waals surface area contributed by atoms with Gasteiger partial charge in [0.25, 0.3) is 0 Å². The number of anilines is 1. The number of carbonyl (C=O) groups is 1. The van der Waals surface area contributed by atoms with E-state index in [2.05, 4.69) is 41.0 Å². The van der Waals surface area contributed by atoms with Gasteiger partial charge in [-0.3, -0.25) is 0 Å². The van der Waals surface area contributed by atoms with Gasteiger partial charge in [-0.2, -0.15) is 0 Å². The van der Waals surface area contributed by atoms with Gasteiger partial charge in [0.15, 0.2) is 0 Å². The van der Waals surface area contributed by atoms with Crippen LogP contribution in [0.25, 0.3) is 0 Å². The van der Waals surface area contributed by atoms with Crippen LogP contribution in [0.15, 0.2) is 24.3 Å². The van der Waals surface area contributed by atoms with E-state index in [0.29, 0.717) is 0 Å². The van der Waals surface area contributed by atoms with Crippen LogP contribution in [0.2, 0.25) is 0 Å². The Morgan fingerprint density at radius 1 is 1.17 bits per heavy atom. The normalized spacial score (nSPS) is 18.7. The fourth-order valence-electron chi connectivity index (χ4n) is 2.39. The lowest BCUT2D eigenvalue weighted by Gasteiger charge is -2.35. The summed E-state index contributed by atoms with van der Waals surface area (Å²) in [6.07, 6.45) is 0.995. The number of benzene rings is 1. The molecule has 1 fully saturated rings. The smallest absolute Gasteiger partial charge is 0.127 e. The molecule has 1 atom stereocenters. The first-order chi connectivity index (χ1) is 8.74. The summed E-state index contributed by atoms with van der Waals surface area (Å²) in [5.74, 6) is -0.00371. The fourth-order valence-corrected chi connectivity index (χ4v) is 2.39. The molecule has 3 heteroatoms. The summed E-state index contributed by atoms with van der Waals surface area (Å²) in [4.78, 5) is 15.6. The van der Waals surface area contributed by atoms with Gasteiger partial charge in [0.1, 0.15) is 6.29 Å². The maximum absolute atomic E-state index is 10.7. The van der Waals surface area contributed by atoms with E-state index in [9.17, 15) is 4.79 Å². The first kappa shape index (κ1) is 13.1. The zero-order valence-electron chi connectivity index (χ0n) is 11.3. The highest BCUT2D eigenvalue weighted by Gasteiger charge is 2.15. The van der Waals surface area contributed by atoms with Crippen molar-refractivity contribution in [2.75, 3.05) is 37.6 Å². The maximum Gasteiger partial charge on any atom is 0.127 e. The van der Waals surface area contributed by atoms with Gasteiger partial charge in [-0.1, -0.05) is 26.0 Å². The van der Waals surface area contributed by atoms with Crippen LogP contribution >= 0.6 is 0 Å². The van der Waals surface area contributed by atoms with E-state index in [1.807, 2.05) is 6.92 Å². The van der Waals surface area contributed by atoms with Crippen LogP contribution in [0.4, 0.5) is 5.69 Å². The van der Waals surface area contributed by atoms with Crippen molar-refractivity contribution in [3.05, 3.63) is 29.8 Å². The molecule has 0 spiro atoms. The molecule has 0 amide bonds. The summed E-state index contributed by atoms with van der Waals surface area (Å²) in [7, 11) is 0. The summed E-state index contributed by atoms with van der Waals surface area (Å²) in [5.41, 5.74) is 2.37. The first-order valence-corrected chi connectivity index (χ1v) is 6.77. The van der Waals surface area contributed by atoms with E-state index in [-0.39, 0.29) is 5.92 Å². The molecule has 1 aliphatic heterocycles. The van der Waals surface area contributed by atoms with Gasteiger partial charge in [-0.25, -0.2) is 0 Å². The van der Waals surface area contributed by atoms with E-state index in [1.54, 1.807) is 0 Å². The molecule has 1 aliphatic rings. The predicted octanol–water partition coefficient (Wildman–Crippen LogP) is 2.13. The van der Waals surface area contributed by atoms with Crippen molar-refractivity contribution in [2.24, 2.45) is 0 Å². The molecule has 0 bridgehead atoms. The summed E-state index contributed by atoms with van der Waals surface area (Å²) in [5, 5.41) is 0. The Hall–Kier alpha value is -1.35. The van der Waals surface area contributed by atoms with Gasteiger partial charge in [0.2, 0.25) is 0 Å². The second-order valence-corrected chi connectivity index (χ2v) is 4.94. The summed E-state index contributed by atoms with van der Waals surface area (Å²) in [6, 6.07) is 8.41. The SMILES string of the molecule is CCN1CCN(c2ccc(C(C)C=O)cc2)CC1. The number of hydrogen-bond donors (Lipinski definition) is 0. The van der Waals surface area contributed by atoms with Crippen LogP contribution in [0.1, 0.15) is 25.3 Å². The molecule has 18 heavy (non-hydrogen) atoms. The number of nitrogens with zero attached hydrogens (tertiary/aromatic N) is 2. The average Bonchev–Trinajstić information content (AvgIpc) is 2.47. The lowest BCUT2D eigenvalue weighted by atomic mass is 10.0. The lowest BCUT2D eigenvalue weighted by Crippen LogP contribution is -2.46. The topological polar surface area (TPSA) is 23.6 Å². The molecule has 1 aromatic rings. The number of likely N-dealkylation sites (N-methyl/N-ethyl adjacent to an activating group) is 1. The summed E-state index contributed by atoms with van der Waals surface area (Å²) < 4.78 is 0. The molecule has 0 radical (unpaired) electrons. The number of hydrogen-bond acceptors (Lipinski definition) is 3. The second kappa shape index (κ2) is 6.01. The molecule has 0 N–H and O–H groups in total. The van der Waals surface area contributed by atoms with Crippen LogP contribution in [-0.2, 0) is 4.79 Å². The van der Waals surface area contributed by atoms with Gasteiger partial charge in [-0.15, -0.1) is 0 Å².